The van der Waals surface area contributed by atoms with Gasteiger partial charge in [-0.1, -0.05) is 6.42 Å². The Morgan fingerprint density at radius 3 is 2.60 bits per heavy atom. The molecule has 0 unspecified atom stereocenters. The number of methoxy groups -OCH3 is 1. The van der Waals surface area contributed by atoms with Gasteiger partial charge in [-0.05, 0) is 45.8 Å². The Kier molecular flexibility index (Phi) is 6.98. The lowest BCUT2D eigenvalue weighted by Crippen LogP contribution is -2.30. The summed E-state index contributed by atoms with van der Waals surface area (Å²) >= 11 is 0. The summed E-state index contributed by atoms with van der Waals surface area (Å²) in [6.45, 7) is 4.42. The van der Waals surface area contributed by atoms with Gasteiger partial charge in [-0.3, -0.25) is 4.90 Å². The molecule has 0 aromatic carbocycles. The second-order valence-corrected chi connectivity index (χ2v) is 4.42. The molecule has 1 N–H and O–H groups in total. The van der Waals surface area contributed by atoms with Crippen molar-refractivity contribution in [2.75, 3.05) is 40.4 Å². The van der Waals surface area contributed by atoms with Crippen LogP contribution in [-0.2, 0) is 4.74 Å². The number of hydrogen-bond donors (Lipinski definition) is 1. The highest BCUT2D eigenvalue weighted by molar-refractivity contribution is 4.84. The summed E-state index contributed by atoms with van der Waals surface area (Å²) in [4.78, 5) is 2.60. The van der Waals surface area contributed by atoms with E-state index in [0.717, 1.165) is 25.7 Å². The first-order valence-corrected chi connectivity index (χ1v) is 6.26. The van der Waals surface area contributed by atoms with E-state index in [4.69, 9.17) is 4.74 Å². The van der Waals surface area contributed by atoms with Gasteiger partial charge in [0.15, 0.2) is 0 Å². The minimum absolute atomic E-state index is 0.879. The Morgan fingerprint density at radius 1 is 1.20 bits per heavy atom. The van der Waals surface area contributed by atoms with Crippen LogP contribution in [0.1, 0.15) is 32.1 Å². The monoisotopic (exact) mass is 214 g/mol. The van der Waals surface area contributed by atoms with Crippen LogP contribution in [0.3, 0.4) is 0 Å². The maximum atomic E-state index is 5.14. The molecule has 1 fully saturated rings. The topological polar surface area (TPSA) is 24.5 Å². The van der Waals surface area contributed by atoms with Crippen molar-refractivity contribution in [2.45, 2.75) is 38.1 Å². The molecule has 0 heterocycles. The molecule has 0 spiro atoms. The van der Waals surface area contributed by atoms with Gasteiger partial charge in [0.25, 0.3) is 0 Å². The zero-order valence-electron chi connectivity index (χ0n) is 10.3. The Hall–Kier alpha value is -0.120. The van der Waals surface area contributed by atoms with Crippen molar-refractivity contribution in [1.29, 1.82) is 0 Å². The molecule has 0 amide bonds. The molecule has 3 heteroatoms. The van der Waals surface area contributed by atoms with Crippen LogP contribution >= 0.6 is 0 Å². The first-order chi connectivity index (χ1) is 7.38. The molecule has 1 saturated carbocycles. The maximum absolute atomic E-state index is 5.14. The zero-order valence-corrected chi connectivity index (χ0v) is 10.3. The van der Waals surface area contributed by atoms with Gasteiger partial charge in [0, 0.05) is 19.7 Å². The molecule has 15 heavy (non-hydrogen) atoms. The van der Waals surface area contributed by atoms with E-state index in [-0.39, 0.29) is 0 Å². The van der Waals surface area contributed by atoms with Crippen molar-refractivity contribution in [3.8, 4) is 0 Å². The molecular formula is C12H26N2O. The molecule has 1 aliphatic carbocycles. The Morgan fingerprint density at radius 2 is 2.00 bits per heavy atom. The van der Waals surface area contributed by atoms with Gasteiger partial charge >= 0.3 is 0 Å². The minimum Gasteiger partial charge on any atom is -0.383 e. The highest BCUT2D eigenvalue weighted by Gasteiger charge is 2.27. The maximum Gasteiger partial charge on any atom is 0.0589 e. The summed E-state index contributed by atoms with van der Waals surface area (Å²) in [5, 5.41) is 3.19. The van der Waals surface area contributed by atoms with E-state index in [2.05, 4.69) is 10.2 Å². The van der Waals surface area contributed by atoms with Gasteiger partial charge in [-0.25, -0.2) is 0 Å². The van der Waals surface area contributed by atoms with Gasteiger partial charge in [-0.15, -0.1) is 0 Å². The van der Waals surface area contributed by atoms with E-state index in [9.17, 15) is 0 Å². The molecule has 0 saturated heterocycles. The fraction of sp³-hybridized carbons (Fsp3) is 1.00. The first-order valence-electron chi connectivity index (χ1n) is 6.26. The van der Waals surface area contributed by atoms with Crippen LogP contribution < -0.4 is 5.32 Å². The largest absolute Gasteiger partial charge is 0.383 e. The number of ether oxygens (including phenoxy) is 1. The molecular weight excluding hydrogens is 188 g/mol. The van der Waals surface area contributed by atoms with Crippen molar-refractivity contribution in [3.05, 3.63) is 0 Å². The van der Waals surface area contributed by atoms with E-state index in [1.165, 1.54) is 38.6 Å². The Bertz CT molecular complexity index is 149. The van der Waals surface area contributed by atoms with Crippen LogP contribution in [0.15, 0.2) is 0 Å². The summed E-state index contributed by atoms with van der Waals surface area (Å²) < 4.78 is 5.14. The molecule has 90 valence electrons. The highest BCUT2D eigenvalue weighted by atomic mass is 16.5. The van der Waals surface area contributed by atoms with Crippen molar-refractivity contribution in [3.63, 3.8) is 0 Å². The molecule has 3 nitrogen and oxygen atoms in total. The number of unbranched alkanes of at least 4 members (excludes halogenated alkanes) is 2. The average Bonchev–Trinajstić information content (AvgIpc) is 3.06. The zero-order chi connectivity index (χ0) is 10.9. The van der Waals surface area contributed by atoms with E-state index in [0.29, 0.717) is 0 Å². The SMILES string of the molecule is CNCCCCCN(CCOC)C1CC1. The quantitative estimate of drug-likeness (QED) is 0.558. The normalized spacial score (nSPS) is 16.2. The summed E-state index contributed by atoms with van der Waals surface area (Å²) in [5.74, 6) is 0. The number of rotatable bonds is 10. The molecule has 1 rings (SSSR count). The van der Waals surface area contributed by atoms with Gasteiger partial charge < -0.3 is 10.1 Å². The number of hydrogen-bond acceptors (Lipinski definition) is 3. The van der Waals surface area contributed by atoms with Crippen LogP contribution in [0.25, 0.3) is 0 Å². The summed E-state index contributed by atoms with van der Waals surface area (Å²) in [6, 6.07) is 0.879. The highest BCUT2D eigenvalue weighted by Crippen LogP contribution is 2.26. The molecule has 0 aromatic heterocycles. The predicted octanol–water partition coefficient (Wildman–Crippen LogP) is 1.49. The molecule has 1 aliphatic rings. The number of nitrogens with zero attached hydrogens (tertiary/aromatic N) is 1. The van der Waals surface area contributed by atoms with Crippen LogP contribution in [0.2, 0.25) is 0 Å². The molecule has 0 bridgehead atoms. The second-order valence-electron chi connectivity index (χ2n) is 4.42. The molecule has 0 radical (unpaired) electrons. The van der Waals surface area contributed by atoms with Crippen LogP contribution in [-0.4, -0.2) is 51.3 Å². The van der Waals surface area contributed by atoms with Crippen molar-refractivity contribution >= 4 is 0 Å². The predicted molar refractivity (Wildman–Crippen MR) is 64.2 cm³/mol. The molecule has 0 aromatic rings. The third-order valence-corrected chi connectivity index (χ3v) is 3.02. The van der Waals surface area contributed by atoms with Gasteiger partial charge in [-0.2, -0.15) is 0 Å². The van der Waals surface area contributed by atoms with Crippen molar-refractivity contribution < 1.29 is 4.74 Å². The van der Waals surface area contributed by atoms with Crippen molar-refractivity contribution in [2.24, 2.45) is 0 Å². The van der Waals surface area contributed by atoms with Gasteiger partial charge in [0.1, 0.15) is 0 Å². The third kappa shape index (κ3) is 6.13. The van der Waals surface area contributed by atoms with Crippen LogP contribution in [0, 0.1) is 0 Å². The van der Waals surface area contributed by atoms with E-state index < -0.39 is 0 Å². The Labute approximate surface area is 94.2 Å². The van der Waals surface area contributed by atoms with Gasteiger partial charge in [0.2, 0.25) is 0 Å². The summed E-state index contributed by atoms with van der Waals surface area (Å²) in [7, 11) is 3.81. The fourth-order valence-electron chi connectivity index (χ4n) is 1.92. The number of nitrogens with one attached hydrogen (secondary N) is 1. The van der Waals surface area contributed by atoms with Crippen LogP contribution in [0.4, 0.5) is 0 Å². The average molecular weight is 214 g/mol. The van der Waals surface area contributed by atoms with Gasteiger partial charge in [0.05, 0.1) is 6.61 Å². The first kappa shape index (κ1) is 12.9. The van der Waals surface area contributed by atoms with Crippen molar-refractivity contribution in [1.82, 2.24) is 10.2 Å². The van der Waals surface area contributed by atoms with E-state index >= 15 is 0 Å². The lowest BCUT2D eigenvalue weighted by atomic mass is 10.2. The lowest BCUT2D eigenvalue weighted by Gasteiger charge is -2.21. The Balaban J connectivity index is 1.98. The standard InChI is InChI=1S/C12H26N2O/c1-13-8-4-3-5-9-14(10-11-15-2)12-6-7-12/h12-13H,3-11H2,1-2H3. The van der Waals surface area contributed by atoms with E-state index in [1.807, 2.05) is 7.05 Å². The van der Waals surface area contributed by atoms with E-state index in [1.54, 1.807) is 7.11 Å². The molecule has 0 atom stereocenters. The van der Waals surface area contributed by atoms with Crippen LogP contribution in [0.5, 0.6) is 0 Å². The summed E-state index contributed by atoms with van der Waals surface area (Å²) in [5.41, 5.74) is 0. The third-order valence-electron chi connectivity index (χ3n) is 3.02. The fourth-order valence-corrected chi connectivity index (χ4v) is 1.92. The molecule has 0 aliphatic heterocycles. The minimum atomic E-state index is 0.879. The second kappa shape index (κ2) is 8.08. The smallest absolute Gasteiger partial charge is 0.0589 e. The lowest BCUT2D eigenvalue weighted by molar-refractivity contribution is 0.142. The summed E-state index contributed by atoms with van der Waals surface area (Å²) in [6.07, 6.45) is 6.79.